The van der Waals surface area contributed by atoms with Gasteiger partial charge in [-0.25, -0.2) is 9.97 Å². The molecule has 0 bridgehead atoms. The summed E-state index contributed by atoms with van der Waals surface area (Å²) in [5.41, 5.74) is 0.593. The number of nitrogens with one attached hydrogen (secondary N) is 2. The smallest absolute Gasteiger partial charge is 0.238 e. The van der Waals surface area contributed by atoms with Gasteiger partial charge in [0.05, 0.1) is 18.4 Å². The zero-order chi connectivity index (χ0) is 14.6. The predicted molar refractivity (Wildman–Crippen MR) is 77.7 cm³/mol. The highest BCUT2D eigenvalue weighted by Gasteiger charge is 2.11. The molecule has 0 aromatic carbocycles. The molecule has 6 nitrogen and oxygen atoms in total. The lowest BCUT2D eigenvalue weighted by Crippen LogP contribution is -2.41. The van der Waals surface area contributed by atoms with E-state index in [9.17, 15) is 4.79 Å². The maximum absolute atomic E-state index is 11.8. The molecule has 6 heteroatoms. The summed E-state index contributed by atoms with van der Waals surface area (Å²) in [5, 5.41) is 5.93. The van der Waals surface area contributed by atoms with Crippen molar-refractivity contribution >= 4 is 11.6 Å². The van der Waals surface area contributed by atoms with E-state index in [0.29, 0.717) is 5.69 Å². The van der Waals surface area contributed by atoms with Crippen molar-refractivity contribution in [1.82, 2.24) is 19.9 Å². The molecule has 0 unspecified atom stereocenters. The third-order valence-corrected chi connectivity index (χ3v) is 2.58. The Hall–Kier alpha value is -2.21. The zero-order valence-corrected chi connectivity index (χ0v) is 11.9. The van der Waals surface area contributed by atoms with E-state index in [4.69, 9.17) is 0 Å². The topological polar surface area (TPSA) is 71.8 Å². The molecule has 0 fully saturated rings. The quantitative estimate of drug-likeness (QED) is 0.887. The first-order valence-electron chi connectivity index (χ1n) is 6.43. The number of aromatic nitrogens is 3. The molecule has 0 spiro atoms. The van der Waals surface area contributed by atoms with E-state index in [1.54, 1.807) is 23.3 Å². The lowest BCUT2D eigenvalue weighted by Gasteiger charge is -2.19. The molecule has 106 valence electrons. The monoisotopic (exact) mass is 273 g/mol. The summed E-state index contributed by atoms with van der Waals surface area (Å²) < 4.78 is 1.80. The van der Waals surface area contributed by atoms with Gasteiger partial charge in [-0.05, 0) is 32.9 Å². The largest absolute Gasteiger partial charge is 0.324 e. The minimum Gasteiger partial charge on any atom is -0.324 e. The molecule has 0 radical (unpaired) electrons. The van der Waals surface area contributed by atoms with E-state index in [1.807, 2.05) is 39.1 Å². The molecule has 2 heterocycles. The van der Waals surface area contributed by atoms with E-state index >= 15 is 0 Å². The van der Waals surface area contributed by atoms with Gasteiger partial charge in [-0.2, -0.15) is 0 Å². The van der Waals surface area contributed by atoms with E-state index in [2.05, 4.69) is 20.6 Å². The number of rotatable bonds is 4. The Morgan fingerprint density at radius 3 is 2.70 bits per heavy atom. The molecule has 2 rings (SSSR count). The van der Waals surface area contributed by atoms with Crippen molar-refractivity contribution in [2.75, 3.05) is 11.9 Å². The molecular formula is C14H19N5O. The number of hydrogen-bond donors (Lipinski definition) is 2. The van der Waals surface area contributed by atoms with Crippen molar-refractivity contribution in [2.24, 2.45) is 0 Å². The van der Waals surface area contributed by atoms with E-state index in [0.717, 1.165) is 5.82 Å². The number of pyridine rings is 1. The van der Waals surface area contributed by atoms with Crippen molar-refractivity contribution in [3.05, 3.63) is 37.1 Å². The standard InChI is InChI=1S/C14H19N5O/c1-14(2,3)17-9-13(20)18-11-4-5-12(16-8-11)19-7-6-15-10-19/h4-8,10,17H,9H2,1-3H3,(H,18,20). The van der Waals surface area contributed by atoms with Crippen LogP contribution in [0.5, 0.6) is 0 Å². The second kappa shape index (κ2) is 5.83. The summed E-state index contributed by atoms with van der Waals surface area (Å²) in [4.78, 5) is 20.0. The van der Waals surface area contributed by atoms with Crippen molar-refractivity contribution in [3.8, 4) is 5.82 Å². The van der Waals surface area contributed by atoms with Gasteiger partial charge in [0.2, 0.25) is 5.91 Å². The normalized spacial score (nSPS) is 11.3. The SMILES string of the molecule is CC(C)(C)NCC(=O)Nc1ccc(-n2ccnc2)nc1. The van der Waals surface area contributed by atoms with Crippen LogP contribution in [-0.2, 0) is 4.79 Å². The van der Waals surface area contributed by atoms with Crippen LogP contribution in [0.25, 0.3) is 5.82 Å². The average Bonchev–Trinajstić information content (AvgIpc) is 2.90. The van der Waals surface area contributed by atoms with Crippen LogP contribution in [0.15, 0.2) is 37.1 Å². The first kappa shape index (κ1) is 14.2. The Balaban J connectivity index is 1.92. The second-order valence-electron chi connectivity index (χ2n) is 5.53. The Labute approximate surface area is 118 Å². The van der Waals surface area contributed by atoms with Crippen LogP contribution in [0.3, 0.4) is 0 Å². The Kier molecular flexibility index (Phi) is 4.14. The van der Waals surface area contributed by atoms with Gasteiger partial charge in [0.15, 0.2) is 0 Å². The summed E-state index contributed by atoms with van der Waals surface area (Å²) in [5.74, 6) is 0.672. The first-order chi connectivity index (χ1) is 9.44. The van der Waals surface area contributed by atoms with Crippen LogP contribution < -0.4 is 10.6 Å². The summed E-state index contributed by atoms with van der Waals surface area (Å²) in [7, 11) is 0. The molecule has 0 atom stereocenters. The second-order valence-corrected chi connectivity index (χ2v) is 5.53. The highest BCUT2D eigenvalue weighted by molar-refractivity contribution is 5.92. The molecule has 1 amide bonds. The van der Waals surface area contributed by atoms with Crippen molar-refractivity contribution in [1.29, 1.82) is 0 Å². The molecular weight excluding hydrogens is 254 g/mol. The molecule has 0 aliphatic heterocycles. The predicted octanol–water partition coefficient (Wildman–Crippen LogP) is 1.59. The summed E-state index contributed by atoms with van der Waals surface area (Å²) in [6.45, 7) is 6.32. The highest BCUT2D eigenvalue weighted by Crippen LogP contribution is 2.09. The molecule has 2 aromatic heterocycles. The number of imidazole rings is 1. The lowest BCUT2D eigenvalue weighted by atomic mass is 10.1. The minimum absolute atomic E-state index is 0.0825. The minimum atomic E-state index is -0.0860. The molecule has 0 aliphatic rings. The molecule has 2 N–H and O–H groups in total. The number of amides is 1. The van der Waals surface area contributed by atoms with Crippen LogP contribution in [0.4, 0.5) is 5.69 Å². The van der Waals surface area contributed by atoms with Crippen molar-refractivity contribution in [3.63, 3.8) is 0 Å². The lowest BCUT2D eigenvalue weighted by molar-refractivity contribution is -0.115. The average molecular weight is 273 g/mol. The van der Waals surface area contributed by atoms with Crippen molar-refractivity contribution in [2.45, 2.75) is 26.3 Å². The zero-order valence-electron chi connectivity index (χ0n) is 11.9. The number of carbonyl (C=O) groups excluding carboxylic acids is 1. The van der Waals surface area contributed by atoms with Crippen LogP contribution in [0.2, 0.25) is 0 Å². The number of anilines is 1. The molecule has 20 heavy (non-hydrogen) atoms. The van der Waals surface area contributed by atoms with Gasteiger partial charge < -0.3 is 10.6 Å². The van der Waals surface area contributed by atoms with Gasteiger partial charge in [0, 0.05) is 17.9 Å². The fourth-order valence-electron chi connectivity index (χ4n) is 1.56. The molecule has 0 saturated heterocycles. The van der Waals surface area contributed by atoms with E-state index < -0.39 is 0 Å². The van der Waals surface area contributed by atoms with Crippen LogP contribution >= 0.6 is 0 Å². The van der Waals surface area contributed by atoms with Crippen LogP contribution in [0.1, 0.15) is 20.8 Å². The third-order valence-electron chi connectivity index (χ3n) is 2.58. The van der Waals surface area contributed by atoms with Gasteiger partial charge in [-0.3, -0.25) is 9.36 Å². The highest BCUT2D eigenvalue weighted by atomic mass is 16.1. The van der Waals surface area contributed by atoms with Gasteiger partial charge in [0.25, 0.3) is 0 Å². The van der Waals surface area contributed by atoms with Crippen molar-refractivity contribution < 1.29 is 4.79 Å². The Morgan fingerprint density at radius 1 is 1.35 bits per heavy atom. The van der Waals surface area contributed by atoms with Gasteiger partial charge in [0.1, 0.15) is 12.1 Å². The Morgan fingerprint density at radius 2 is 2.15 bits per heavy atom. The number of nitrogens with zero attached hydrogens (tertiary/aromatic N) is 3. The van der Waals surface area contributed by atoms with E-state index in [1.165, 1.54) is 0 Å². The summed E-state index contributed by atoms with van der Waals surface area (Å²) in [6, 6.07) is 3.64. The van der Waals surface area contributed by atoms with Gasteiger partial charge >= 0.3 is 0 Å². The maximum atomic E-state index is 11.8. The fourth-order valence-corrected chi connectivity index (χ4v) is 1.56. The molecule has 0 aliphatic carbocycles. The number of carbonyl (C=O) groups is 1. The summed E-state index contributed by atoms with van der Waals surface area (Å²) in [6.07, 6.45) is 6.81. The first-order valence-corrected chi connectivity index (χ1v) is 6.43. The van der Waals surface area contributed by atoms with Gasteiger partial charge in [-0.1, -0.05) is 0 Å². The maximum Gasteiger partial charge on any atom is 0.238 e. The third kappa shape index (κ3) is 4.17. The van der Waals surface area contributed by atoms with Crippen LogP contribution in [-0.4, -0.2) is 32.5 Å². The molecule has 0 saturated carbocycles. The molecule has 2 aromatic rings. The fraction of sp³-hybridized carbons (Fsp3) is 0.357. The summed E-state index contributed by atoms with van der Waals surface area (Å²) >= 11 is 0. The Bertz CT molecular complexity index is 554. The number of hydrogen-bond acceptors (Lipinski definition) is 4. The van der Waals surface area contributed by atoms with Crippen LogP contribution in [0, 0.1) is 0 Å². The van der Waals surface area contributed by atoms with E-state index in [-0.39, 0.29) is 18.0 Å². The van der Waals surface area contributed by atoms with Gasteiger partial charge in [-0.15, -0.1) is 0 Å².